The van der Waals surface area contributed by atoms with E-state index < -0.39 is 21.9 Å². The number of halogens is 1. The Morgan fingerprint density at radius 3 is 2.42 bits per heavy atom. The number of carbonyl (C=O) groups excluding carboxylic acids is 1. The highest BCUT2D eigenvalue weighted by atomic mass is 32.2. The molecule has 1 saturated heterocycles. The summed E-state index contributed by atoms with van der Waals surface area (Å²) in [4.78, 5) is 12.8. The molecule has 2 aromatic rings. The highest BCUT2D eigenvalue weighted by Gasteiger charge is 2.51. The standard InChI is InChI=1S/C24H27FN4O3S/c1-13-14(2)22-11-20(13)23(29-22)24(30)28-18(12-26)9-17-4-3-16(10-21(17)25)15-5-7-19(8-6-15)33(27,31)32/h3-8,10,13-14,18,20,22-23,29H,9,11H2,1-2H3,(H,28,30)(H2,27,31,32)/t13-,14+,18+,20+,22+,23+/m1/s1. The zero-order chi connectivity index (χ0) is 23.9. The van der Waals surface area contributed by atoms with E-state index in [0.717, 1.165) is 6.42 Å². The summed E-state index contributed by atoms with van der Waals surface area (Å²) in [6, 6.07) is 11.7. The first-order valence-electron chi connectivity index (χ1n) is 11.0. The van der Waals surface area contributed by atoms with Crippen molar-refractivity contribution < 1.29 is 17.6 Å². The third-order valence-electron chi connectivity index (χ3n) is 7.24. The summed E-state index contributed by atoms with van der Waals surface area (Å²) in [7, 11) is -3.80. The second kappa shape index (κ2) is 8.86. The van der Waals surface area contributed by atoms with E-state index in [1.807, 2.05) is 0 Å². The maximum absolute atomic E-state index is 14.8. The van der Waals surface area contributed by atoms with Crippen molar-refractivity contribution in [2.24, 2.45) is 22.9 Å². The predicted octanol–water partition coefficient (Wildman–Crippen LogP) is 2.32. The van der Waals surface area contributed by atoms with E-state index in [-0.39, 0.29) is 29.2 Å². The molecule has 1 heterocycles. The predicted molar refractivity (Wildman–Crippen MR) is 122 cm³/mol. The average Bonchev–Trinajstić information content (AvgIpc) is 3.34. The largest absolute Gasteiger partial charge is 0.339 e. The molecule has 0 radical (unpaired) electrons. The van der Waals surface area contributed by atoms with E-state index in [4.69, 9.17) is 5.14 Å². The highest BCUT2D eigenvalue weighted by Crippen LogP contribution is 2.44. The number of hydrogen-bond donors (Lipinski definition) is 3. The van der Waals surface area contributed by atoms with Crippen LogP contribution in [0.5, 0.6) is 0 Å². The summed E-state index contributed by atoms with van der Waals surface area (Å²) in [5.41, 5.74) is 1.50. The number of rotatable bonds is 6. The molecular weight excluding hydrogens is 443 g/mol. The average molecular weight is 471 g/mol. The second-order valence-corrected chi connectivity index (χ2v) is 10.7. The number of hydrogen-bond acceptors (Lipinski definition) is 5. The van der Waals surface area contributed by atoms with Crippen LogP contribution < -0.4 is 15.8 Å². The minimum absolute atomic E-state index is 0.0234. The van der Waals surface area contributed by atoms with Crippen LogP contribution in [0.1, 0.15) is 25.8 Å². The van der Waals surface area contributed by atoms with Crippen molar-refractivity contribution in [1.29, 1.82) is 5.26 Å². The Kier molecular flexibility index (Phi) is 6.27. The van der Waals surface area contributed by atoms with E-state index in [2.05, 4.69) is 30.6 Å². The molecule has 4 rings (SSSR count). The van der Waals surface area contributed by atoms with Crippen LogP contribution in [0, 0.1) is 34.9 Å². The van der Waals surface area contributed by atoms with Crippen LogP contribution in [-0.4, -0.2) is 32.5 Å². The van der Waals surface area contributed by atoms with E-state index >= 15 is 0 Å². The summed E-state index contributed by atoms with van der Waals surface area (Å²) in [6.07, 6.45) is 1.01. The molecule has 2 aromatic carbocycles. The topological polar surface area (TPSA) is 125 Å². The quantitative estimate of drug-likeness (QED) is 0.598. The second-order valence-electron chi connectivity index (χ2n) is 9.14. The number of fused-ring (bicyclic) bond motifs is 2. The first-order valence-corrected chi connectivity index (χ1v) is 12.5. The van der Waals surface area contributed by atoms with Crippen LogP contribution in [0.3, 0.4) is 0 Å². The number of sulfonamides is 1. The minimum atomic E-state index is -3.80. The van der Waals surface area contributed by atoms with Gasteiger partial charge < -0.3 is 10.6 Å². The lowest BCUT2D eigenvalue weighted by molar-refractivity contribution is -0.125. The summed E-state index contributed by atoms with van der Waals surface area (Å²) in [5, 5.41) is 20.8. The molecule has 6 atom stereocenters. The number of piperidine rings is 1. The van der Waals surface area contributed by atoms with E-state index in [0.29, 0.717) is 34.6 Å². The molecule has 0 spiro atoms. The number of amides is 1. The first kappa shape index (κ1) is 23.4. The van der Waals surface area contributed by atoms with E-state index in [1.165, 1.54) is 18.2 Å². The van der Waals surface area contributed by atoms with Crippen LogP contribution in [0.2, 0.25) is 0 Å². The maximum atomic E-state index is 14.8. The van der Waals surface area contributed by atoms with E-state index in [1.54, 1.807) is 24.3 Å². The lowest BCUT2D eigenvalue weighted by Gasteiger charge is -2.32. The number of nitrogens with two attached hydrogens (primary N) is 1. The zero-order valence-corrected chi connectivity index (χ0v) is 19.3. The maximum Gasteiger partial charge on any atom is 0.238 e. The molecule has 174 valence electrons. The lowest BCUT2D eigenvalue weighted by Crippen LogP contribution is -2.54. The van der Waals surface area contributed by atoms with Crippen LogP contribution in [0.25, 0.3) is 11.1 Å². The summed E-state index contributed by atoms with van der Waals surface area (Å²) in [5.74, 6) is 0.504. The summed E-state index contributed by atoms with van der Waals surface area (Å²) < 4.78 is 37.6. The molecule has 1 aliphatic heterocycles. The third kappa shape index (κ3) is 4.64. The molecule has 4 N–H and O–H groups in total. The first-order chi connectivity index (χ1) is 15.6. The number of primary sulfonamides is 1. The Bertz CT molecular complexity index is 1210. The molecule has 0 aromatic heterocycles. The van der Waals surface area contributed by atoms with Gasteiger partial charge in [0.15, 0.2) is 0 Å². The van der Waals surface area contributed by atoms with Gasteiger partial charge in [-0.15, -0.1) is 0 Å². The monoisotopic (exact) mass is 470 g/mol. The third-order valence-corrected chi connectivity index (χ3v) is 8.16. The van der Waals surface area contributed by atoms with Crippen molar-refractivity contribution in [3.8, 4) is 17.2 Å². The molecule has 1 aliphatic carbocycles. The minimum Gasteiger partial charge on any atom is -0.339 e. The van der Waals surface area contributed by atoms with Crippen LogP contribution >= 0.6 is 0 Å². The van der Waals surface area contributed by atoms with Gasteiger partial charge >= 0.3 is 0 Å². The number of nitrogens with one attached hydrogen (secondary N) is 2. The number of nitrogens with zero attached hydrogens (tertiary/aromatic N) is 1. The summed E-state index contributed by atoms with van der Waals surface area (Å²) >= 11 is 0. The zero-order valence-electron chi connectivity index (χ0n) is 18.5. The molecule has 1 amide bonds. The van der Waals surface area contributed by atoms with Gasteiger partial charge in [-0.1, -0.05) is 38.1 Å². The molecule has 2 aliphatic rings. The molecule has 7 nitrogen and oxygen atoms in total. The number of nitriles is 1. The van der Waals surface area contributed by atoms with Crippen LogP contribution in [0.15, 0.2) is 47.4 Å². The normalized spacial score (nSPS) is 27.2. The van der Waals surface area contributed by atoms with Crippen molar-refractivity contribution >= 4 is 15.9 Å². The van der Waals surface area contributed by atoms with Gasteiger partial charge in [-0.25, -0.2) is 17.9 Å². The lowest BCUT2D eigenvalue weighted by atomic mass is 9.84. The SMILES string of the molecule is C[C@@H]1[C@H](C)[C@@H]2C[C@@H]1[C@@H](C(=O)N[C@H](C#N)Cc1ccc(-c3ccc(S(N)(=O)=O)cc3)cc1F)N2. The molecule has 33 heavy (non-hydrogen) atoms. The van der Waals surface area contributed by atoms with Gasteiger partial charge in [0.2, 0.25) is 15.9 Å². The Labute approximate surface area is 193 Å². The smallest absolute Gasteiger partial charge is 0.238 e. The van der Waals surface area contributed by atoms with Gasteiger partial charge in [-0.05, 0) is 59.1 Å². The van der Waals surface area contributed by atoms with Gasteiger partial charge in [-0.3, -0.25) is 4.79 Å². The number of carbonyl (C=O) groups is 1. The summed E-state index contributed by atoms with van der Waals surface area (Å²) in [6.45, 7) is 4.35. The molecule has 2 bridgehead atoms. The van der Waals surface area contributed by atoms with Crippen molar-refractivity contribution in [2.45, 2.75) is 49.7 Å². The van der Waals surface area contributed by atoms with Crippen molar-refractivity contribution in [3.05, 3.63) is 53.8 Å². The van der Waals surface area contributed by atoms with Crippen LogP contribution in [0.4, 0.5) is 4.39 Å². The fourth-order valence-electron chi connectivity index (χ4n) is 5.10. The van der Waals surface area contributed by atoms with Gasteiger partial charge in [0.25, 0.3) is 0 Å². The van der Waals surface area contributed by atoms with Crippen molar-refractivity contribution in [1.82, 2.24) is 10.6 Å². The fraction of sp³-hybridized carbons (Fsp3) is 0.417. The number of benzene rings is 2. The molecular formula is C24H27FN4O3S. The molecule has 9 heteroatoms. The molecule has 0 unspecified atom stereocenters. The van der Waals surface area contributed by atoms with Gasteiger partial charge in [0.05, 0.1) is 17.0 Å². The van der Waals surface area contributed by atoms with Crippen molar-refractivity contribution in [2.75, 3.05) is 0 Å². The fourth-order valence-corrected chi connectivity index (χ4v) is 5.62. The highest BCUT2D eigenvalue weighted by molar-refractivity contribution is 7.89. The van der Waals surface area contributed by atoms with Gasteiger partial charge in [-0.2, -0.15) is 5.26 Å². The van der Waals surface area contributed by atoms with Crippen molar-refractivity contribution in [3.63, 3.8) is 0 Å². The Morgan fingerprint density at radius 1 is 1.21 bits per heavy atom. The Hall–Kier alpha value is -2.80. The Balaban J connectivity index is 1.43. The van der Waals surface area contributed by atoms with E-state index in [9.17, 15) is 22.9 Å². The van der Waals surface area contributed by atoms with Gasteiger partial charge in [0.1, 0.15) is 11.9 Å². The Morgan fingerprint density at radius 2 is 1.88 bits per heavy atom. The molecule has 2 fully saturated rings. The molecule has 1 saturated carbocycles. The van der Waals surface area contributed by atoms with Gasteiger partial charge in [0, 0.05) is 12.5 Å². The van der Waals surface area contributed by atoms with Crippen LogP contribution in [-0.2, 0) is 21.2 Å².